The van der Waals surface area contributed by atoms with Crippen LogP contribution in [0.4, 0.5) is 0 Å². The first-order valence-electron chi connectivity index (χ1n) is 10.0. The largest absolute Gasteiger partial charge is 0.357 e. The fourth-order valence-corrected chi connectivity index (χ4v) is 4.15. The van der Waals surface area contributed by atoms with Gasteiger partial charge in [0.15, 0.2) is 11.1 Å². The first-order chi connectivity index (χ1) is 13.5. The van der Waals surface area contributed by atoms with Crippen LogP contribution in [-0.4, -0.2) is 58.6 Å². The molecule has 6 nitrogen and oxygen atoms in total. The van der Waals surface area contributed by atoms with Crippen molar-refractivity contribution in [1.29, 1.82) is 0 Å². The number of hydrogen-bond donors (Lipinski definition) is 1. The lowest BCUT2D eigenvalue weighted by Gasteiger charge is -2.21. The number of thiophene rings is 1. The van der Waals surface area contributed by atoms with Crippen LogP contribution in [0, 0.1) is 5.92 Å². The number of guanidine groups is 1. The molecule has 0 bridgehead atoms. The van der Waals surface area contributed by atoms with E-state index in [1.165, 1.54) is 4.88 Å². The lowest BCUT2D eigenvalue weighted by molar-refractivity contribution is 0.476. The van der Waals surface area contributed by atoms with Crippen molar-refractivity contribution in [3.8, 4) is 0 Å². The Kier molecular flexibility index (Phi) is 12.9. The van der Waals surface area contributed by atoms with Gasteiger partial charge < -0.3 is 14.8 Å². The van der Waals surface area contributed by atoms with Crippen LogP contribution in [0.1, 0.15) is 37.9 Å². The zero-order valence-electron chi connectivity index (χ0n) is 18.2. The summed E-state index contributed by atoms with van der Waals surface area (Å²) >= 11 is 3.48. The minimum Gasteiger partial charge on any atom is -0.357 e. The van der Waals surface area contributed by atoms with Crippen LogP contribution in [-0.2, 0) is 19.4 Å². The number of aryl methyl sites for hydroxylation is 1. The number of rotatable bonds is 11. The highest BCUT2D eigenvalue weighted by Crippen LogP contribution is 2.16. The first-order valence-corrected chi connectivity index (χ1v) is 12.1. The van der Waals surface area contributed by atoms with Gasteiger partial charge in [-0.25, -0.2) is 0 Å². The van der Waals surface area contributed by atoms with E-state index < -0.39 is 0 Å². The molecule has 2 rings (SSSR count). The summed E-state index contributed by atoms with van der Waals surface area (Å²) in [4.78, 5) is 8.45. The molecular weight excluding hydrogens is 515 g/mol. The van der Waals surface area contributed by atoms with Crippen molar-refractivity contribution in [1.82, 2.24) is 25.0 Å². The Morgan fingerprint density at radius 2 is 2.14 bits per heavy atom. The van der Waals surface area contributed by atoms with Gasteiger partial charge in [0.25, 0.3) is 0 Å². The molecule has 0 aliphatic rings. The SMILES string of the molecule is CCNC(=NCCCc1nnc(SC)n1CC(C)C)N(C)CCc1cccs1.I. The molecule has 29 heavy (non-hydrogen) atoms. The quantitative estimate of drug-likeness (QED) is 0.148. The lowest BCUT2D eigenvalue weighted by atomic mass is 10.2. The second-order valence-corrected chi connectivity index (χ2v) is 9.00. The van der Waals surface area contributed by atoms with Gasteiger partial charge in [-0.2, -0.15) is 0 Å². The van der Waals surface area contributed by atoms with Gasteiger partial charge in [-0.3, -0.25) is 4.99 Å². The summed E-state index contributed by atoms with van der Waals surface area (Å²) in [7, 11) is 2.11. The van der Waals surface area contributed by atoms with E-state index in [4.69, 9.17) is 4.99 Å². The molecule has 0 aromatic carbocycles. The summed E-state index contributed by atoms with van der Waals surface area (Å²) in [5.74, 6) is 2.63. The predicted octanol–water partition coefficient (Wildman–Crippen LogP) is 4.41. The molecule has 2 heterocycles. The van der Waals surface area contributed by atoms with E-state index in [2.05, 4.69) is 76.6 Å². The van der Waals surface area contributed by atoms with Crippen LogP contribution >= 0.6 is 47.1 Å². The molecule has 9 heteroatoms. The Morgan fingerprint density at radius 3 is 2.76 bits per heavy atom. The topological polar surface area (TPSA) is 58.3 Å². The minimum absolute atomic E-state index is 0. The van der Waals surface area contributed by atoms with Crippen molar-refractivity contribution in [2.45, 2.75) is 51.7 Å². The zero-order valence-corrected chi connectivity index (χ0v) is 22.2. The maximum absolute atomic E-state index is 4.82. The second-order valence-electron chi connectivity index (χ2n) is 7.20. The van der Waals surface area contributed by atoms with Crippen molar-refractivity contribution < 1.29 is 0 Å². The van der Waals surface area contributed by atoms with E-state index in [1.807, 2.05) is 11.3 Å². The molecule has 0 aliphatic heterocycles. The number of nitrogens with zero attached hydrogens (tertiary/aromatic N) is 5. The Balaban J connectivity index is 0.00000420. The Labute approximate surface area is 201 Å². The number of halogens is 1. The monoisotopic (exact) mass is 550 g/mol. The van der Waals surface area contributed by atoms with E-state index in [0.29, 0.717) is 5.92 Å². The van der Waals surface area contributed by atoms with Gasteiger partial charge in [0.2, 0.25) is 0 Å². The standard InChI is InChI=1S/C20H34N6S2.HI/c1-6-21-19(25(4)13-11-17-9-8-14-28-17)22-12-7-10-18-23-24-20(27-5)26(18)15-16(2)3;/h8-9,14,16H,6-7,10-13,15H2,1-5H3,(H,21,22);1H. The van der Waals surface area contributed by atoms with Crippen LogP contribution in [0.5, 0.6) is 0 Å². The van der Waals surface area contributed by atoms with Crippen LogP contribution in [0.15, 0.2) is 27.7 Å². The molecule has 164 valence electrons. The highest BCUT2D eigenvalue weighted by atomic mass is 127. The number of thioether (sulfide) groups is 1. The van der Waals surface area contributed by atoms with Crippen molar-refractivity contribution >= 4 is 53.0 Å². The van der Waals surface area contributed by atoms with E-state index in [1.54, 1.807) is 11.8 Å². The molecule has 0 aliphatic carbocycles. The zero-order chi connectivity index (χ0) is 20.4. The van der Waals surface area contributed by atoms with Gasteiger partial charge in [0, 0.05) is 44.5 Å². The number of nitrogens with one attached hydrogen (secondary N) is 1. The molecule has 0 saturated carbocycles. The van der Waals surface area contributed by atoms with Gasteiger partial charge in [-0.05, 0) is 43.4 Å². The maximum Gasteiger partial charge on any atom is 0.193 e. The van der Waals surface area contributed by atoms with Gasteiger partial charge in [0.1, 0.15) is 5.82 Å². The molecule has 2 aromatic rings. The average Bonchev–Trinajstić information content (AvgIpc) is 3.32. The van der Waals surface area contributed by atoms with Crippen LogP contribution in [0.2, 0.25) is 0 Å². The number of hydrogen-bond acceptors (Lipinski definition) is 5. The molecule has 0 saturated heterocycles. The Bertz CT molecular complexity index is 715. The third-order valence-electron chi connectivity index (χ3n) is 4.31. The van der Waals surface area contributed by atoms with E-state index in [9.17, 15) is 0 Å². The van der Waals surface area contributed by atoms with Gasteiger partial charge in [0.05, 0.1) is 0 Å². The fourth-order valence-electron chi connectivity index (χ4n) is 2.93. The van der Waals surface area contributed by atoms with Gasteiger partial charge in [-0.1, -0.05) is 31.7 Å². The summed E-state index contributed by atoms with van der Waals surface area (Å²) < 4.78 is 2.26. The molecule has 0 radical (unpaired) electrons. The minimum atomic E-state index is 0. The molecule has 2 aromatic heterocycles. The molecule has 0 amide bonds. The normalized spacial score (nSPS) is 11.6. The Hall–Kier alpha value is -0.810. The summed E-state index contributed by atoms with van der Waals surface area (Å²) in [6, 6.07) is 4.30. The third-order valence-corrected chi connectivity index (χ3v) is 5.92. The molecule has 0 fully saturated rings. The highest BCUT2D eigenvalue weighted by Gasteiger charge is 2.12. The smallest absolute Gasteiger partial charge is 0.193 e. The van der Waals surface area contributed by atoms with Crippen LogP contribution in [0.25, 0.3) is 0 Å². The van der Waals surface area contributed by atoms with E-state index in [0.717, 1.165) is 62.4 Å². The summed E-state index contributed by atoms with van der Waals surface area (Å²) in [5.41, 5.74) is 0. The summed E-state index contributed by atoms with van der Waals surface area (Å²) in [6.45, 7) is 10.2. The average molecular weight is 551 g/mol. The van der Waals surface area contributed by atoms with Gasteiger partial charge in [-0.15, -0.1) is 45.5 Å². The summed E-state index contributed by atoms with van der Waals surface area (Å²) in [5, 5.41) is 15.3. The molecular formula is C20H35IN6S2. The van der Waals surface area contributed by atoms with Crippen molar-refractivity contribution in [2.24, 2.45) is 10.9 Å². The molecule has 0 unspecified atom stereocenters. The predicted molar refractivity (Wildman–Crippen MR) is 137 cm³/mol. The number of aliphatic imine (C=N–C) groups is 1. The molecule has 0 atom stereocenters. The first kappa shape index (κ1) is 26.2. The van der Waals surface area contributed by atoms with Crippen LogP contribution < -0.4 is 5.32 Å². The summed E-state index contributed by atoms with van der Waals surface area (Å²) in [6.07, 6.45) is 4.98. The lowest BCUT2D eigenvalue weighted by Crippen LogP contribution is -2.40. The van der Waals surface area contributed by atoms with E-state index >= 15 is 0 Å². The number of likely N-dealkylation sites (N-methyl/N-ethyl adjacent to an activating group) is 1. The Morgan fingerprint density at radius 1 is 1.34 bits per heavy atom. The fraction of sp³-hybridized carbons (Fsp3) is 0.650. The van der Waals surface area contributed by atoms with Crippen molar-refractivity contribution in [3.63, 3.8) is 0 Å². The number of aromatic nitrogens is 3. The van der Waals surface area contributed by atoms with Crippen molar-refractivity contribution in [3.05, 3.63) is 28.2 Å². The van der Waals surface area contributed by atoms with Crippen molar-refractivity contribution in [2.75, 3.05) is 32.9 Å². The van der Waals surface area contributed by atoms with Gasteiger partial charge >= 0.3 is 0 Å². The second kappa shape index (κ2) is 14.2. The van der Waals surface area contributed by atoms with Crippen LogP contribution in [0.3, 0.4) is 0 Å². The molecule has 0 spiro atoms. The van der Waals surface area contributed by atoms with E-state index in [-0.39, 0.29) is 24.0 Å². The maximum atomic E-state index is 4.82. The highest BCUT2D eigenvalue weighted by molar-refractivity contribution is 14.0. The molecule has 1 N–H and O–H groups in total. The third kappa shape index (κ3) is 8.84.